The largest absolute Gasteiger partial charge is 1.00 e. The Kier molecular flexibility index (Phi) is 10.8. The molecule has 1 unspecified atom stereocenters. The second kappa shape index (κ2) is 7.89. The third-order valence-corrected chi connectivity index (χ3v) is 1.18. The Labute approximate surface area is 101 Å². The van der Waals surface area contributed by atoms with E-state index in [0.717, 1.165) is 6.29 Å². The van der Waals surface area contributed by atoms with Crippen LogP contribution in [0.4, 0.5) is 0 Å². The molecule has 0 amide bonds. The molecular weight excluding hydrogens is 207 g/mol. The molecule has 0 saturated heterocycles. The van der Waals surface area contributed by atoms with E-state index < -0.39 is 30.4 Å². The zero-order chi connectivity index (χ0) is 9.78. The smallest absolute Gasteiger partial charge is 0.550 e. The van der Waals surface area contributed by atoms with Gasteiger partial charge in [0.2, 0.25) is 0 Å². The van der Waals surface area contributed by atoms with E-state index in [1.807, 2.05) is 0 Å². The van der Waals surface area contributed by atoms with Crippen molar-refractivity contribution in [1.82, 2.24) is 0 Å². The van der Waals surface area contributed by atoms with Crippen molar-refractivity contribution in [2.45, 2.75) is 18.4 Å². The van der Waals surface area contributed by atoms with Gasteiger partial charge in [-0.1, -0.05) is 0 Å². The Morgan fingerprint density at radius 1 is 1.36 bits per heavy atom. The van der Waals surface area contributed by atoms with Crippen LogP contribution in [0.5, 0.6) is 0 Å². The van der Waals surface area contributed by atoms with E-state index in [2.05, 4.69) is 0 Å². The van der Waals surface area contributed by atoms with Crippen molar-refractivity contribution in [2.24, 2.45) is 0 Å². The number of carboxylic acids is 2. The van der Waals surface area contributed by atoms with Gasteiger partial charge in [0.05, 0.1) is 11.6 Å². The minimum absolute atomic E-state index is 0. The molecule has 0 aromatic carbocycles. The average molecular weight is 215 g/mol. The van der Waals surface area contributed by atoms with Crippen LogP contribution >= 0.6 is 0 Å². The van der Waals surface area contributed by atoms with E-state index in [4.69, 9.17) is 5.11 Å². The molecule has 0 aromatic heterocycles. The van der Waals surface area contributed by atoms with Gasteiger partial charge in [-0.25, -0.2) is 0 Å². The first kappa shape index (κ1) is 19.2. The number of hydrogen-bond acceptors (Lipinski definition) is 6. The SMILES string of the molecule is O=[C-]CC(O)(CC(=O)[O-])C(=O)[O-].[Na+].[OH3+]. The minimum atomic E-state index is -2.71. The molecule has 1 atom stereocenters. The number of carbonyl (C=O) groups is 2. The maximum atomic E-state index is 10.1. The van der Waals surface area contributed by atoms with Crippen molar-refractivity contribution < 1.29 is 64.7 Å². The standard InChI is InChI=1S/C6H7O6.Na.H2O/c7-2-1-6(12,5(10)11)3-4(8)9;;/h12H,1,3H2,(H,8,9)(H,10,11);;1H2/q-1;+1;/p-1. The van der Waals surface area contributed by atoms with Gasteiger partial charge in [0.25, 0.3) is 0 Å². The molecule has 0 bridgehead atoms. The first-order chi connectivity index (χ1) is 5.42. The Morgan fingerprint density at radius 2 is 1.79 bits per heavy atom. The molecule has 0 fully saturated rings. The molecule has 76 valence electrons. The monoisotopic (exact) mass is 215 g/mol. The third kappa shape index (κ3) is 6.06. The van der Waals surface area contributed by atoms with Crippen LogP contribution in [-0.4, -0.2) is 28.9 Å². The van der Waals surface area contributed by atoms with Crippen LogP contribution in [0.3, 0.4) is 0 Å². The summed E-state index contributed by atoms with van der Waals surface area (Å²) in [5.74, 6) is -3.81. The molecule has 8 heteroatoms. The van der Waals surface area contributed by atoms with Crippen LogP contribution in [0.15, 0.2) is 0 Å². The zero-order valence-corrected chi connectivity index (χ0v) is 9.48. The molecular formula is C6H8NaO7-. The van der Waals surface area contributed by atoms with Gasteiger partial charge in [0.15, 0.2) is 0 Å². The first-order valence-electron chi connectivity index (χ1n) is 2.91. The molecule has 0 aliphatic rings. The van der Waals surface area contributed by atoms with Crippen molar-refractivity contribution in [3.8, 4) is 0 Å². The van der Waals surface area contributed by atoms with E-state index in [9.17, 15) is 24.6 Å². The fourth-order valence-electron chi connectivity index (χ4n) is 0.565. The van der Waals surface area contributed by atoms with Crippen molar-refractivity contribution in [3.63, 3.8) is 0 Å². The number of aliphatic hydroxyl groups is 1. The summed E-state index contributed by atoms with van der Waals surface area (Å²) in [7, 11) is 0. The Hall–Kier alpha value is -0.470. The van der Waals surface area contributed by atoms with E-state index in [1.165, 1.54) is 0 Å². The number of carboxylic acid groups (broad SMARTS) is 2. The van der Waals surface area contributed by atoms with Gasteiger partial charge in [0, 0.05) is 12.4 Å². The quantitative estimate of drug-likeness (QED) is 0.273. The van der Waals surface area contributed by atoms with E-state index in [-0.39, 0.29) is 35.0 Å². The summed E-state index contributed by atoms with van der Waals surface area (Å²) in [5.41, 5.74) is -2.71. The van der Waals surface area contributed by atoms with Crippen molar-refractivity contribution in [3.05, 3.63) is 0 Å². The molecule has 14 heavy (non-hydrogen) atoms. The summed E-state index contributed by atoms with van der Waals surface area (Å²) >= 11 is 0. The Morgan fingerprint density at radius 3 is 2.00 bits per heavy atom. The number of hydrogen-bond donors (Lipinski definition) is 1. The van der Waals surface area contributed by atoms with Gasteiger partial charge < -0.3 is 35.2 Å². The van der Waals surface area contributed by atoms with Crippen LogP contribution in [0.2, 0.25) is 0 Å². The Bertz CT molecular complexity index is 216. The summed E-state index contributed by atoms with van der Waals surface area (Å²) in [6.07, 6.45) is -1.06. The van der Waals surface area contributed by atoms with Crippen LogP contribution in [0.1, 0.15) is 12.8 Å². The second-order valence-electron chi connectivity index (χ2n) is 2.19. The molecule has 0 aliphatic heterocycles. The maximum Gasteiger partial charge on any atom is 1.00 e. The van der Waals surface area contributed by atoms with E-state index in [0.29, 0.717) is 0 Å². The minimum Gasteiger partial charge on any atom is -0.550 e. The van der Waals surface area contributed by atoms with Crippen LogP contribution in [0, 0.1) is 0 Å². The third-order valence-electron chi connectivity index (χ3n) is 1.18. The fraction of sp³-hybridized carbons (Fsp3) is 0.500. The number of aliphatic carboxylic acids is 2. The average Bonchev–Trinajstić information content (AvgIpc) is 1.85. The predicted octanol–water partition coefficient (Wildman–Crippen LogP) is -7.81. The van der Waals surface area contributed by atoms with Crippen molar-refractivity contribution in [1.29, 1.82) is 0 Å². The van der Waals surface area contributed by atoms with Crippen LogP contribution < -0.4 is 39.8 Å². The first-order valence-corrected chi connectivity index (χ1v) is 2.91. The topological polar surface area (TPSA) is 151 Å². The van der Waals surface area contributed by atoms with Gasteiger partial charge in [-0.3, -0.25) is 6.29 Å². The van der Waals surface area contributed by atoms with Gasteiger partial charge in [0.1, 0.15) is 0 Å². The van der Waals surface area contributed by atoms with E-state index in [1.54, 1.807) is 0 Å². The summed E-state index contributed by atoms with van der Waals surface area (Å²) in [6, 6.07) is 0. The fourth-order valence-corrected chi connectivity index (χ4v) is 0.565. The van der Waals surface area contributed by atoms with Crippen LogP contribution in [0.25, 0.3) is 0 Å². The molecule has 4 N–H and O–H groups in total. The summed E-state index contributed by atoms with van der Waals surface area (Å²) in [5, 5.41) is 28.9. The summed E-state index contributed by atoms with van der Waals surface area (Å²) in [6.45, 7) is 0. The molecule has 0 rings (SSSR count). The zero-order valence-electron chi connectivity index (χ0n) is 7.48. The number of carbonyl (C=O) groups excluding carboxylic acids is 3. The molecule has 0 heterocycles. The summed E-state index contributed by atoms with van der Waals surface area (Å²) < 4.78 is 0. The van der Waals surface area contributed by atoms with Gasteiger partial charge in [-0.15, -0.1) is 6.42 Å². The summed E-state index contributed by atoms with van der Waals surface area (Å²) in [4.78, 5) is 29.7. The molecule has 0 aromatic rings. The van der Waals surface area contributed by atoms with Crippen LogP contribution in [-0.2, 0) is 19.9 Å². The van der Waals surface area contributed by atoms with Crippen molar-refractivity contribution >= 4 is 18.2 Å². The maximum absolute atomic E-state index is 10.1. The second-order valence-corrected chi connectivity index (χ2v) is 2.19. The van der Waals surface area contributed by atoms with E-state index >= 15 is 0 Å². The normalized spacial score (nSPS) is 12.6. The van der Waals surface area contributed by atoms with Gasteiger partial charge in [-0.2, -0.15) is 0 Å². The molecule has 0 radical (unpaired) electrons. The Balaban J connectivity index is -0.000000605. The molecule has 7 nitrogen and oxygen atoms in total. The van der Waals surface area contributed by atoms with Gasteiger partial charge in [-0.05, 0) is 0 Å². The number of rotatable bonds is 5. The molecule has 0 spiro atoms. The van der Waals surface area contributed by atoms with Gasteiger partial charge >= 0.3 is 29.6 Å². The molecule has 0 aliphatic carbocycles. The molecule has 0 saturated carbocycles. The predicted molar refractivity (Wildman–Crippen MR) is 34.8 cm³/mol. The van der Waals surface area contributed by atoms with Crippen molar-refractivity contribution in [2.75, 3.05) is 0 Å².